The SMILES string of the molecule is Nc1cc(CCNC(=O)C(F)(F)F)ccc1O. The maximum Gasteiger partial charge on any atom is 0.471 e. The largest absolute Gasteiger partial charge is 0.506 e. The van der Waals surface area contributed by atoms with Crippen LogP contribution >= 0.6 is 0 Å². The monoisotopic (exact) mass is 248 g/mol. The van der Waals surface area contributed by atoms with Crippen molar-refractivity contribution in [3.05, 3.63) is 23.8 Å². The van der Waals surface area contributed by atoms with Gasteiger partial charge in [0.15, 0.2) is 0 Å². The van der Waals surface area contributed by atoms with Crippen molar-refractivity contribution in [2.24, 2.45) is 0 Å². The standard InChI is InChI=1S/C10H11F3N2O2/c11-10(12,13)9(17)15-4-3-6-1-2-8(16)7(14)5-6/h1-2,5,16H,3-4,14H2,(H,15,17). The van der Waals surface area contributed by atoms with Gasteiger partial charge in [0.25, 0.3) is 0 Å². The van der Waals surface area contributed by atoms with E-state index in [1.54, 1.807) is 5.32 Å². The normalized spacial score (nSPS) is 11.2. The lowest BCUT2D eigenvalue weighted by Crippen LogP contribution is -2.37. The Morgan fingerprint density at radius 3 is 2.59 bits per heavy atom. The van der Waals surface area contributed by atoms with Gasteiger partial charge in [-0.3, -0.25) is 4.79 Å². The molecule has 94 valence electrons. The number of halogens is 3. The highest BCUT2D eigenvalue weighted by molar-refractivity contribution is 5.81. The van der Waals surface area contributed by atoms with Gasteiger partial charge in [0.1, 0.15) is 5.75 Å². The number of carbonyl (C=O) groups excluding carboxylic acids is 1. The number of hydrogen-bond donors (Lipinski definition) is 3. The van der Waals surface area contributed by atoms with Crippen LogP contribution in [-0.2, 0) is 11.2 Å². The van der Waals surface area contributed by atoms with E-state index in [-0.39, 0.29) is 24.4 Å². The van der Waals surface area contributed by atoms with Gasteiger partial charge in [0.2, 0.25) is 0 Å². The van der Waals surface area contributed by atoms with Gasteiger partial charge >= 0.3 is 12.1 Å². The van der Waals surface area contributed by atoms with E-state index < -0.39 is 12.1 Å². The number of alkyl halides is 3. The summed E-state index contributed by atoms with van der Waals surface area (Å²) in [5.74, 6) is -2.06. The van der Waals surface area contributed by atoms with Crippen LogP contribution in [0.4, 0.5) is 18.9 Å². The molecule has 0 fully saturated rings. The van der Waals surface area contributed by atoms with Crippen LogP contribution in [0.5, 0.6) is 5.75 Å². The van der Waals surface area contributed by atoms with E-state index in [0.717, 1.165) is 0 Å². The molecule has 0 aliphatic heterocycles. The minimum atomic E-state index is -4.87. The number of aromatic hydroxyl groups is 1. The zero-order valence-corrected chi connectivity index (χ0v) is 8.71. The van der Waals surface area contributed by atoms with Crippen molar-refractivity contribution in [1.82, 2.24) is 5.32 Å². The van der Waals surface area contributed by atoms with Crippen molar-refractivity contribution < 1.29 is 23.1 Å². The maximum absolute atomic E-state index is 11.8. The quantitative estimate of drug-likeness (QED) is 0.555. The lowest BCUT2D eigenvalue weighted by Gasteiger charge is -2.08. The first-order valence-electron chi connectivity index (χ1n) is 4.73. The number of nitrogen functional groups attached to an aromatic ring is 1. The maximum atomic E-state index is 11.8. The molecule has 0 bridgehead atoms. The molecule has 0 radical (unpaired) electrons. The minimum absolute atomic E-state index is 0.0897. The van der Waals surface area contributed by atoms with E-state index in [4.69, 9.17) is 10.8 Å². The molecule has 0 spiro atoms. The van der Waals surface area contributed by atoms with E-state index in [9.17, 15) is 18.0 Å². The zero-order chi connectivity index (χ0) is 13.1. The van der Waals surface area contributed by atoms with Crippen molar-refractivity contribution in [3.8, 4) is 5.75 Å². The summed E-state index contributed by atoms with van der Waals surface area (Å²) in [7, 11) is 0. The number of rotatable bonds is 3. The molecule has 0 atom stereocenters. The molecule has 0 saturated carbocycles. The van der Waals surface area contributed by atoms with Crippen molar-refractivity contribution >= 4 is 11.6 Å². The second-order valence-electron chi connectivity index (χ2n) is 3.40. The highest BCUT2D eigenvalue weighted by Gasteiger charge is 2.38. The van der Waals surface area contributed by atoms with E-state index in [0.29, 0.717) is 5.56 Å². The molecule has 0 unspecified atom stereocenters. The van der Waals surface area contributed by atoms with Gasteiger partial charge in [-0.25, -0.2) is 0 Å². The van der Waals surface area contributed by atoms with Crippen LogP contribution < -0.4 is 11.1 Å². The number of anilines is 1. The summed E-state index contributed by atoms with van der Waals surface area (Å²) >= 11 is 0. The Kier molecular flexibility index (Phi) is 3.82. The minimum Gasteiger partial charge on any atom is -0.506 e. The van der Waals surface area contributed by atoms with Crippen LogP contribution in [0, 0.1) is 0 Å². The number of nitrogens with two attached hydrogens (primary N) is 1. The van der Waals surface area contributed by atoms with Gasteiger partial charge in [-0.2, -0.15) is 13.2 Å². The molecule has 4 nitrogen and oxygen atoms in total. The van der Waals surface area contributed by atoms with Gasteiger partial charge in [-0.05, 0) is 24.1 Å². The van der Waals surface area contributed by atoms with E-state index in [2.05, 4.69) is 0 Å². The lowest BCUT2D eigenvalue weighted by molar-refractivity contribution is -0.173. The average molecular weight is 248 g/mol. The molecule has 0 aromatic heterocycles. The summed E-state index contributed by atoms with van der Waals surface area (Å²) in [6.45, 7) is -0.150. The number of nitrogens with one attached hydrogen (secondary N) is 1. The molecule has 0 saturated heterocycles. The van der Waals surface area contributed by atoms with Gasteiger partial charge in [0.05, 0.1) is 5.69 Å². The smallest absolute Gasteiger partial charge is 0.471 e. The summed E-state index contributed by atoms with van der Waals surface area (Å²) in [6.07, 6.45) is -4.67. The number of carbonyl (C=O) groups is 1. The van der Waals surface area contributed by atoms with Crippen LogP contribution in [0.15, 0.2) is 18.2 Å². The molecule has 17 heavy (non-hydrogen) atoms. The third kappa shape index (κ3) is 3.86. The van der Waals surface area contributed by atoms with Crippen molar-refractivity contribution in [3.63, 3.8) is 0 Å². The molecule has 0 aliphatic carbocycles. The molecular weight excluding hydrogens is 237 g/mol. The van der Waals surface area contributed by atoms with Gasteiger partial charge in [0, 0.05) is 6.54 Å². The Morgan fingerprint density at radius 2 is 2.06 bits per heavy atom. The topological polar surface area (TPSA) is 75.3 Å². The van der Waals surface area contributed by atoms with E-state index in [1.807, 2.05) is 0 Å². The highest BCUT2D eigenvalue weighted by atomic mass is 19.4. The number of phenols is 1. The second-order valence-corrected chi connectivity index (χ2v) is 3.40. The summed E-state index contributed by atoms with van der Waals surface area (Å²) in [5, 5.41) is 10.9. The predicted molar refractivity (Wildman–Crippen MR) is 55.3 cm³/mol. The van der Waals surface area contributed by atoms with Crippen molar-refractivity contribution in [2.75, 3.05) is 12.3 Å². The number of hydrogen-bond acceptors (Lipinski definition) is 3. The second kappa shape index (κ2) is 4.94. The Morgan fingerprint density at radius 1 is 1.41 bits per heavy atom. The average Bonchev–Trinajstić information content (AvgIpc) is 2.22. The van der Waals surface area contributed by atoms with E-state index >= 15 is 0 Å². The molecule has 0 heterocycles. The van der Waals surface area contributed by atoms with Gasteiger partial charge in [-0.15, -0.1) is 0 Å². The molecular formula is C10H11F3N2O2. The number of phenolic OH excluding ortho intramolecular Hbond substituents is 1. The number of amides is 1. The summed E-state index contributed by atoms with van der Waals surface area (Å²) in [5.41, 5.74) is 6.17. The molecule has 1 aromatic rings. The van der Waals surface area contributed by atoms with Crippen LogP contribution in [0.2, 0.25) is 0 Å². The fourth-order valence-corrected chi connectivity index (χ4v) is 1.18. The van der Waals surface area contributed by atoms with Crippen molar-refractivity contribution in [2.45, 2.75) is 12.6 Å². The lowest BCUT2D eigenvalue weighted by atomic mass is 10.1. The van der Waals surface area contributed by atoms with Gasteiger partial charge < -0.3 is 16.2 Å². The molecule has 1 amide bonds. The van der Waals surface area contributed by atoms with Crippen LogP contribution in [0.3, 0.4) is 0 Å². The first kappa shape index (κ1) is 13.1. The Bertz CT molecular complexity index is 419. The third-order valence-corrected chi connectivity index (χ3v) is 2.05. The van der Waals surface area contributed by atoms with Crippen molar-refractivity contribution in [1.29, 1.82) is 0 Å². The summed E-state index contributed by atoms with van der Waals surface area (Å²) in [4.78, 5) is 10.5. The molecule has 7 heteroatoms. The molecule has 1 aromatic carbocycles. The van der Waals surface area contributed by atoms with Crippen LogP contribution in [0.1, 0.15) is 5.56 Å². The Hall–Kier alpha value is -1.92. The number of benzene rings is 1. The molecule has 0 aliphatic rings. The zero-order valence-electron chi connectivity index (χ0n) is 8.71. The fourth-order valence-electron chi connectivity index (χ4n) is 1.18. The molecule has 1 rings (SSSR count). The Balaban J connectivity index is 2.46. The first-order chi connectivity index (χ1) is 7.80. The van der Waals surface area contributed by atoms with Crippen LogP contribution in [0.25, 0.3) is 0 Å². The summed E-state index contributed by atoms with van der Waals surface area (Å²) < 4.78 is 35.5. The fraction of sp³-hybridized carbons (Fsp3) is 0.300. The predicted octanol–water partition coefficient (Wildman–Crippen LogP) is 1.20. The third-order valence-electron chi connectivity index (χ3n) is 2.05. The van der Waals surface area contributed by atoms with Crippen LogP contribution in [-0.4, -0.2) is 23.7 Å². The van der Waals surface area contributed by atoms with Gasteiger partial charge in [-0.1, -0.05) is 6.07 Å². The summed E-state index contributed by atoms with van der Waals surface area (Å²) in [6, 6.07) is 4.30. The van der Waals surface area contributed by atoms with E-state index in [1.165, 1.54) is 18.2 Å². The molecule has 4 N–H and O–H groups in total. The Labute approximate surface area is 95.2 Å². The first-order valence-corrected chi connectivity index (χ1v) is 4.73. The highest BCUT2D eigenvalue weighted by Crippen LogP contribution is 2.20.